The van der Waals surface area contributed by atoms with E-state index in [2.05, 4.69) is 26.1 Å². The molecule has 88 valence electrons. The number of aryl methyl sites for hydroxylation is 1. The number of rotatable bonds is 2. The minimum atomic E-state index is -0.308. The Morgan fingerprint density at radius 1 is 1.31 bits per heavy atom. The van der Waals surface area contributed by atoms with E-state index in [4.69, 9.17) is 4.74 Å². The topological polar surface area (TPSA) is 38.3 Å². The fourth-order valence-electron chi connectivity index (χ4n) is 1.41. The van der Waals surface area contributed by atoms with Crippen LogP contribution in [0.25, 0.3) is 0 Å². The Kier molecular flexibility index (Phi) is 3.58. The molecular formula is C13H19NO2. The van der Waals surface area contributed by atoms with E-state index in [0.29, 0.717) is 5.56 Å². The number of esters is 1. The standard InChI is InChI=1S/C13H19NO2/c1-9-6-7-10(12(15)16-5)8-11(9)14-13(2,3)4/h6-8,14H,1-5H3. The third-order valence-electron chi connectivity index (χ3n) is 2.17. The Labute approximate surface area is 96.8 Å². The molecule has 16 heavy (non-hydrogen) atoms. The van der Waals surface area contributed by atoms with Gasteiger partial charge in [0.1, 0.15) is 0 Å². The van der Waals surface area contributed by atoms with E-state index in [0.717, 1.165) is 11.3 Å². The lowest BCUT2D eigenvalue weighted by Gasteiger charge is -2.23. The lowest BCUT2D eigenvalue weighted by Crippen LogP contribution is -2.26. The van der Waals surface area contributed by atoms with Gasteiger partial charge in [0.25, 0.3) is 0 Å². The zero-order valence-electron chi connectivity index (χ0n) is 10.5. The Hall–Kier alpha value is -1.51. The summed E-state index contributed by atoms with van der Waals surface area (Å²) in [6.07, 6.45) is 0. The van der Waals surface area contributed by atoms with Gasteiger partial charge >= 0.3 is 5.97 Å². The van der Waals surface area contributed by atoms with Crippen molar-refractivity contribution in [2.45, 2.75) is 33.2 Å². The average Bonchev–Trinajstić information content (AvgIpc) is 2.18. The van der Waals surface area contributed by atoms with E-state index in [9.17, 15) is 4.79 Å². The normalized spacial score (nSPS) is 11.1. The number of benzene rings is 1. The van der Waals surface area contributed by atoms with Crippen LogP contribution in [-0.2, 0) is 4.74 Å². The maximum Gasteiger partial charge on any atom is 0.337 e. The lowest BCUT2D eigenvalue weighted by molar-refractivity contribution is 0.0601. The van der Waals surface area contributed by atoms with Crippen molar-refractivity contribution >= 4 is 11.7 Å². The first-order valence-electron chi connectivity index (χ1n) is 5.30. The van der Waals surface area contributed by atoms with Gasteiger partial charge in [-0.2, -0.15) is 0 Å². The molecule has 0 bridgehead atoms. The van der Waals surface area contributed by atoms with Gasteiger partial charge in [-0.05, 0) is 45.4 Å². The maximum atomic E-state index is 11.4. The van der Waals surface area contributed by atoms with Crippen molar-refractivity contribution in [1.29, 1.82) is 0 Å². The number of anilines is 1. The highest BCUT2D eigenvalue weighted by Crippen LogP contribution is 2.21. The molecule has 1 aromatic rings. The second kappa shape index (κ2) is 4.56. The molecule has 0 atom stereocenters. The first kappa shape index (κ1) is 12.6. The predicted molar refractivity (Wildman–Crippen MR) is 65.9 cm³/mol. The van der Waals surface area contributed by atoms with Crippen molar-refractivity contribution < 1.29 is 9.53 Å². The van der Waals surface area contributed by atoms with Crippen LogP contribution in [0.3, 0.4) is 0 Å². The molecule has 0 fully saturated rings. The number of carbonyl (C=O) groups is 1. The highest BCUT2D eigenvalue weighted by molar-refractivity contribution is 5.90. The Bertz CT molecular complexity index is 391. The molecule has 1 aromatic carbocycles. The summed E-state index contributed by atoms with van der Waals surface area (Å²) >= 11 is 0. The molecule has 1 N–H and O–H groups in total. The van der Waals surface area contributed by atoms with Gasteiger partial charge in [0.2, 0.25) is 0 Å². The summed E-state index contributed by atoms with van der Waals surface area (Å²) in [6.45, 7) is 8.25. The number of nitrogens with one attached hydrogen (secondary N) is 1. The molecular weight excluding hydrogens is 202 g/mol. The minimum absolute atomic E-state index is 0.0283. The molecule has 0 radical (unpaired) electrons. The van der Waals surface area contributed by atoms with E-state index in [1.807, 2.05) is 19.1 Å². The summed E-state index contributed by atoms with van der Waals surface area (Å²) in [7, 11) is 1.39. The Morgan fingerprint density at radius 3 is 2.44 bits per heavy atom. The molecule has 0 aliphatic heterocycles. The number of hydrogen-bond donors (Lipinski definition) is 1. The maximum absolute atomic E-state index is 11.4. The Morgan fingerprint density at radius 2 is 1.94 bits per heavy atom. The molecule has 0 aliphatic carbocycles. The van der Waals surface area contributed by atoms with Crippen molar-refractivity contribution in [3.63, 3.8) is 0 Å². The van der Waals surface area contributed by atoms with Gasteiger partial charge in [-0.3, -0.25) is 0 Å². The van der Waals surface area contributed by atoms with Crippen molar-refractivity contribution in [1.82, 2.24) is 0 Å². The first-order chi connectivity index (χ1) is 7.33. The van der Waals surface area contributed by atoms with E-state index in [1.165, 1.54) is 7.11 Å². The van der Waals surface area contributed by atoms with Crippen LogP contribution in [0.2, 0.25) is 0 Å². The first-order valence-corrected chi connectivity index (χ1v) is 5.30. The molecule has 0 amide bonds. The molecule has 0 heterocycles. The molecule has 0 saturated heterocycles. The van der Waals surface area contributed by atoms with Crippen LogP contribution < -0.4 is 5.32 Å². The van der Waals surface area contributed by atoms with Crippen LogP contribution in [0, 0.1) is 6.92 Å². The van der Waals surface area contributed by atoms with Gasteiger partial charge < -0.3 is 10.1 Å². The molecule has 1 rings (SSSR count). The van der Waals surface area contributed by atoms with Crippen LogP contribution in [0.4, 0.5) is 5.69 Å². The van der Waals surface area contributed by atoms with Crippen molar-refractivity contribution in [2.75, 3.05) is 12.4 Å². The monoisotopic (exact) mass is 221 g/mol. The highest BCUT2D eigenvalue weighted by Gasteiger charge is 2.13. The minimum Gasteiger partial charge on any atom is -0.465 e. The summed E-state index contributed by atoms with van der Waals surface area (Å²) in [4.78, 5) is 11.4. The van der Waals surface area contributed by atoms with E-state index >= 15 is 0 Å². The zero-order chi connectivity index (χ0) is 12.3. The summed E-state index contributed by atoms with van der Waals surface area (Å²) in [5.41, 5.74) is 2.62. The molecule has 3 heteroatoms. The lowest BCUT2D eigenvalue weighted by atomic mass is 10.0. The SMILES string of the molecule is COC(=O)c1ccc(C)c(NC(C)(C)C)c1. The number of carbonyl (C=O) groups excluding carboxylic acids is 1. The summed E-state index contributed by atoms with van der Waals surface area (Å²) in [5.74, 6) is -0.308. The second-order valence-corrected chi connectivity index (χ2v) is 4.90. The predicted octanol–water partition coefficient (Wildman–Crippen LogP) is 2.99. The number of hydrogen-bond acceptors (Lipinski definition) is 3. The highest BCUT2D eigenvalue weighted by atomic mass is 16.5. The summed E-state index contributed by atoms with van der Waals surface area (Å²) in [6, 6.07) is 5.52. The molecule has 0 aliphatic rings. The van der Waals surface area contributed by atoms with Crippen molar-refractivity contribution in [2.24, 2.45) is 0 Å². The van der Waals surface area contributed by atoms with Crippen LogP contribution in [-0.4, -0.2) is 18.6 Å². The van der Waals surface area contributed by atoms with Crippen LogP contribution >= 0.6 is 0 Å². The third-order valence-corrected chi connectivity index (χ3v) is 2.17. The molecule has 0 saturated carbocycles. The Balaban J connectivity index is 3.04. The fraction of sp³-hybridized carbons (Fsp3) is 0.462. The van der Waals surface area contributed by atoms with Crippen LogP contribution in [0.5, 0.6) is 0 Å². The quantitative estimate of drug-likeness (QED) is 0.780. The zero-order valence-corrected chi connectivity index (χ0v) is 10.5. The van der Waals surface area contributed by atoms with Gasteiger partial charge in [0.05, 0.1) is 12.7 Å². The molecule has 0 aromatic heterocycles. The van der Waals surface area contributed by atoms with Crippen LogP contribution in [0.15, 0.2) is 18.2 Å². The second-order valence-electron chi connectivity index (χ2n) is 4.90. The van der Waals surface area contributed by atoms with Gasteiger partial charge in [0.15, 0.2) is 0 Å². The van der Waals surface area contributed by atoms with Crippen LogP contribution in [0.1, 0.15) is 36.7 Å². The van der Waals surface area contributed by atoms with E-state index in [-0.39, 0.29) is 11.5 Å². The van der Waals surface area contributed by atoms with Crippen molar-refractivity contribution in [3.8, 4) is 0 Å². The number of ether oxygens (including phenoxy) is 1. The third kappa shape index (κ3) is 3.26. The summed E-state index contributed by atoms with van der Waals surface area (Å²) < 4.78 is 4.69. The van der Waals surface area contributed by atoms with Crippen molar-refractivity contribution in [3.05, 3.63) is 29.3 Å². The molecule has 3 nitrogen and oxygen atoms in total. The largest absolute Gasteiger partial charge is 0.465 e. The van der Waals surface area contributed by atoms with Gasteiger partial charge in [-0.1, -0.05) is 6.07 Å². The molecule has 0 unspecified atom stereocenters. The van der Waals surface area contributed by atoms with Gasteiger partial charge in [-0.15, -0.1) is 0 Å². The van der Waals surface area contributed by atoms with Gasteiger partial charge in [0, 0.05) is 11.2 Å². The van der Waals surface area contributed by atoms with E-state index in [1.54, 1.807) is 6.07 Å². The molecule has 0 spiro atoms. The summed E-state index contributed by atoms with van der Waals surface area (Å²) in [5, 5.41) is 3.36. The fourth-order valence-corrected chi connectivity index (χ4v) is 1.41. The number of methoxy groups -OCH3 is 1. The van der Waals surface area contributed by atoms with E-state index < -0.39 is 0 Å². The average molecular weight is 221 g/mol. The van der Waals surface area contributed by atoms with Gasteiger partial charge in [-0.25, -0.2) is 4.79 Å². The smallest absolute Gasteiger partial charge is 0.337 e.